The number of aromatic hydroxyl groups is 1. The Morgan fingerprint density at radius 1 is 0.556 bits per heavy atom. The summed E-state index contributed by atoms with van der Waals surface area (Å²) in [5, 5.41) is 62.3. The Morgan fingerprint density at radius 3 is 1.63 bits per heavy atom. The number of β-amino-alcohol motifs (C(OH)–C–C–N with tert-alkyl or cyclic N) is 2. The Balaban J connectivity index is 1.03. The van der Waals surface area contributed by atoms with Gasteiger partial charge in [-0.05, 0) is 76.9 Å². The van der Waals surface area contributed by atoms with E-state index in [2.05, 4.69) is 47.5 Å². The molecular weight excluding hydrogens is 1760 g/mol. The van der Waals surface area contributed by atoms with E-state index in [-0.39, 0.29) is 55.6 Å². The van der Waals surface area contributed by atoms with Crippen LogP contribution >= 0.6 is 11.8 Å². The molecule has 0 aliphatic carbocycles. The van der Waals surface area contributed by atoms with Crippen molar-refractivity contribution in [1.29, 1.82) is 0 Å². The second-order valence-electron chi connectivity index (χ2n) is 33.2. The fourth-order valence-electron chi connectivity index (χ4n) is 15.5. The van der Waals surface area contributed by atoms with Crippen LogP contribution in [0.15, 0.2) is 128 Å². The molecule has 2 aliphatic heterocycles. The number of aliphatic carboxylic acids is 1. The molecule has 3 heterocycles. The predicted octanol–water partition coefficient (Wildman–Crippen LogP) is -1.99. The summed E-state index contributed by atoms with van der Waals surface area (Å²) in [7, 11) is 3.78. The minimum atomic E-state index is -1.90. The highest BCUT2D eigenvalue weighted by Gasteiger charge is 2.48. The number of nitrogens with zero attached hydrogens (tertiary/aromatic N) is 5. The van der Waals surface area contributed by atoms with Crippen molar-refractivity contribution in [3.05, 3.63) is 173 Å². The van der Waals surface area contributed by atoms with Crippen LogP contribution < -0.4 is 65.5 Å². The molecule has 0 saturated carbocycles. The average molecular weight is 1870 g/mol. The molecule has 5 aromatic carbocycles. The normalized spacial score (nSPS) is 17.2. The van der Waals surface area contributed by atoms with Gasteiger partial charge in [0.2, 0.25) is 88.6 Å². The van der Waals surface area contributed by atoms with Crippen LogP contribution in [-0.4, -0.2) is 300 Å². The Morgan fingerprint density at radius 2 is 1.07 bits per heavy atom. The first-order chi connectivity index (χ1) is 63.1. The lowest BCUT2D eigenvalue weighted by Gasteiger charge is -2.37. The molecule has 0 bridgehead atoms. The molecule has 1 unspecified atom stereocenters. The molecule has 133 heavy (non-hydrogen) atoms. The van der Waals surface area contributed by atoms with Crippen molar-refractivity contribution in [2.24, 2.45) is 28.9 Å². The number of primary amides is 2. The van der Waals surface area contributed by atoms with Crippen molar-refractivity contribution in [2.75, 3.05) is 58.8 Å². The summed E-state index contributed by atoms with van der Waals surface area (Å²) in [5.41, 5.74) is 25.5. The highest BCUT2D eigenvalue weighted by molar-refractivity contribution is 8.00. The maximum absolute atomic E-state index is 15.3. The zero-order chi connectivity index (χ0) is 97.8. The number of nitrogens with two attached hydrogens (primary N) is 4. The third-order valence-electron chi connectivity index (χ3n) is 22.9. The van der Waals surface area contributed by atoms with Crippen LogP contribution in [0.3, 0.4) is 0 Å². The molecule has 6 aromatic rings. The van der Waals surface area contributed by atoms with Crippen LogP contribution in [0.5, 0.6) is 5.75 Å². The maximum Gasteiger partial charge on any atom is 0.305 e. The summed E-state index contributed by atoms with van der Waals surface area (Å²) < 4.78 is 44.7. The fraction of sp³-hybridized carbons (Fsp3) is 0.456. The smallest absolute Gasteiger partial charge is 0.305 e. The van der Waals surface area contributed by atoms with Crippen molar-refractivity contribution < 1.29 is 115 Å². The first kappa shape index (κ1) is 105. The van der Waals surface area contributed by atoms with Crippen molar-refractivity contribution in [1.82, 2.24) is 72.0 Å². The number of thioether (sulfide) groups is 1. The molecule has 43 heteroatoms. The molecule has 0 spiro atoms. The van der Waals surface area contributed by atoms with E-state index in [0.29, 0.717) is 64.3 Å². The van der Waals surface area contributed by atoms with Gasteiger partial charge >= 0.3 is 5.97 Å². The number of H-pyrrole nitrogens is 1. The summed E-state index contributed by atoms with van der Waals surface area (Å²) in [5.74, 6) is -23.4. The number of likely N-dealkylation sites (N-methyl/N-ethyl adjacent to an activating group) is 3. The molecule has 21 N–H and O–H groups in total. The highest BCUT2D eigenvalue weighted by Crippen LogP contribution is 2.29. The second-order valence-corrected chi connectivity index (χ2v) is 34.2. The Bertz CT molecular complexity index is 5140. The summed E-state index contributed by atoms with van der Waals surface area (Å²) >= 11 is 0.605. The van der Waals surface area contributed by atoms with Crippen LogP contribution in [0.25, 0.3) is 10.9 Å². The molecule has 39 nitrogen and oxygen atoms in total. The molecular formula is C90H115F3N18O21S. The number of carboxylic acid groups (broad SMARTS) is 1. The molecule has 1 aromatic heterocycles. The topological polar surface area (TPSA) is 603 Å². The molecule has 15 atom stereocenters. The number of phenolic OH excluding ortho intramolecular Hbond substituents is 1. The monoisotopic (exact) mass is 1870 g/mol. The van der Waals surface area contributed by atoms with Crippen molar-refractivity contribution >= 4 is 124 Å². The largest absolute Gasteiger partial charge is 0.508 e. The van der Waals surface area contributed by atoms with Crippen LogP contribution in [-0.2, 0) is 114 Å². The summed E-state index contributed by atoms with van der Waals surface area (Å²) in [6, 6.07) is 9.51. The minimum absolute atomic E-state index is 0.0573. The fourth-order valence-corrected chi connectivity index (χ4v) is 16.4. The van der Waals surface area contributed by atoms with Crippen LogP contribution in [0.1, 0.15) is 100.0 Å². The Kier molecular flexibility index (Phi) is 39.3. The molecule has 15 amide bonds. The van der Waals surface area contributed by atoms with Gasteiger partial charge in [-0.15, -0.1) is 11.8 Å². The lowest BCUT2D eigenvalue weighted by atomic mass is 9.99. The van der Waals surface area contributed by atoms with Crippen LogP contribution in [0.2, 0.25) is 0 Å². The van der Waals surface area contributed by atoms with Gasteiger partial charge in [0.15, 0.2) is 17.5 Å². The third-order valence-corrected chi connectivity index (χ3v) is 24.0. The van der Waals surface area contributed by atoms with Gasteiger partial charge in [-0.2, -0.15) is 0 Å². The first-order valence-corrected chi connectivity index (χ1v) is 44.2. The number of benzene rings is 5. The number of nitrogens with one attached hydrogen (secondary N) is 9. The van der Waals surface area contributed by atoms with Crippen LogP contribution in [0.4, 0.5) is 13.2 Å². The quantitative estimate of drug-likeness (QED) is 0.0145. The SMILES string of the molecule is CCCC[C@@H](C(=O)N1C[C@H](O)C[C@@H]1C(=O)N[C@H](C=O)CC(=O)O)N(C)C(=O)C(Cc1ccccc1)N(C)C(=O)[C@H](Cc1cc(F)c(F)c(F)c1)NC(=O)CSC[C@H](NC(=O)[C@H](CN)NC(=O)[C@H](Cc1ccc(O)cc1)NC(=O)[C@H](Cc1c[nH]c2ccccc12)NC(=O)[C@H]1C[C@@H](O)CN1C(=O)[C@H](CCC(N)=O)NC(=O)[C@H](Cc1ccccc1)N(C)C(=O)[C@@H](N)C(C)C)C(=O)NCC(N)=O. The van der Waals surface area contributed by atoms with Crippen molar-refractivity contribution in [2.45, 2.75) is 195 Å². The lowest BCUT2D eigenvalue weighted by molar-refractivity contribution is -0.152. The number of aliphatic hydroxyl groups excluding tert-OH is 2. The lowest BCUT2D eigenvalue weighted by Crippen LogP contribution is -2.61. The number of para-hydroxylation sites is 1. The number of fused-ring (bicyclic) bond motifs is 1. The number of carbonyl (C=O) groups excluding carboxylic acids is 16. The molecule has 8 rings (SSSR count). The number of rotatable bonds is 49. The molecule has 718 valence electrons. The van der Waals surface area contributed by atoms with E-state index in [9.17, 15) is 77.6 Å². The zero-order valence-electron chi connectivity index (χ0n) is 74.2. The number of hydrogen-bond donors (Lipinski definition) is 17. The number of aromatic nitrogens is 1. The van der Waals surface area contributed by atoms with Gasteiger partial charge in [0.05, 0.1) is 43.0 Å². The maximum atomic E-state index is 15.3. The second kappa shape index (κ2) is 49.7. The summed E-state index contributed by atoms with van der Waals surface area (Å²) in [4.78, 5) is 247. The van der Waals surface area contributed by atoms with Gasteiger partial charge < -0.3 is 120 Å². The number of carboxylic acids is 1. The molecule has 2 aliphatic rings. The predicted molar refractivity (Wildman–Crippen MR) is 477 cm³/mol. The van der Waals surface area contributed by atoms with E-state index in [0.717, 1.165) is 31.5 Å². The van der Waals surface area contributed by atoms with Gasteiger partial charge in [-0.1, -0.05) is 125 Å². The molecule has 2 fully saturated rings. The van der Waals surface area contributed by atoms with E-state index in [1.54, 1.807) is 112 Å². The number of phenols is 1. The van der Waals surface area contributed by atoms with Crippen molar-refractivity contribution in [3.8, 4) is 5.75 Å². The first-order valence-electron chi connectivity index (χ1n) is 43.1. The number of halogens is 3. The summed E-state index contributed by atoms with van der Waals surface area (Å²) in [6.45, 7) is 2.70. The van der Waals surface area contributed by atoms with E-state index < -0.39 is 285 Å². The number of aromatic amines is 1. The van der Waals surface area contributed by atoms with Crippen molar-refractivity contribution in [3.63, 3.8) is 0 Å². The highest BCUT2D eigenvalue weighted by atomic mass is 32.2. The minimum Gasteiger partial charge on any atom is -0.508 e. The van der Waals surface area contributed by atoms with Gasteiger partial charge in [0, 0.05) is 115 Å². The number of unbranched alkanes of at least 4 members (excludes halogenated alkanes) is 1. The number of aldehydes is 1. The third kappa shape index (κ3) is 29.8. The Labute approximate surface area is 768 Å². The van der Waals surface area contributed by atoms with Gasteiger partial charge in [0.25, 0.3) is 0 Å². The molecule has 0 radical (unpaired) electrons. The van der Waals surface area contributed by atoms with Gasteiger partial charge in [-0.3, -0.25) is 76.7 Å². The van der Waals surface area contributed by atoms with Gasteiger partial charge in [-0.25, -0.2) is 13.2 Å². The standard InChI is InChI=1S/C90H115F3N18O21S/c1-7-8-23-68(89(131)111-44-57(115)38-70(111)84(126)100-54(45-112)37-76(119)120)107(4)88(130)72(35-50-19-13-10-14-20-50)109(6)86(128)65(33-52-30-59(91)77(93)60(92)31-52)101-75(118)47-133-46-67(79(121)99-42-74(96)117)106-82(124)66(40-94)105-80(122)63(32-51-24-26-55(113)27-25-51)103-81(123)64(36-53-41-98-61-22-16-15-21-58(53)61)104-85(127)71-39-56(114)43-110(71)87(129)62(28-29-73(95)116)102-83(125)69(34-49-17-11-9-12-18-49)108(5)90(132)78(97)48(2)3/h9-22,24-27,30-31,41,45,48,54,56-57,62-72,78,98,113-115H,7-8,23,28-29,32-40,42-44,46-47,94,97H2,1-6H3,(H2,95,116)(H2,96,117)(H,99,121)(H,100,126)(H,101,118)(H,102,125)(H,103,123)(H,104,127)(H,105,122)(H,106,124)(H,119,120)/t54-,56+,57+,62-,63-,64-,65-,66-,67-,68-,69-,70+,71+,72?,78-/m0/s1. The van der Waals surface area contributed by atoms with E-state index in [1.165, 1.54) is 38.4 Å². The Hall–Kier alpha value is -13.4. The number of aliphatic hydroxyl groups is 2. The number of amides is 15. The number of hydrogen-bond acceptors (Lipinski definition) is 23. The summed E-state index contributed by atoms with van der Waals surface area (Å²) in [6.07, 6.45) is -4.66. The van der Waals surface area contributed by atoms with E-state index >= 15 is 37.5 Å². The van der Waals surface area contributed by atoms with E-state index in [1.807, 2.05) is 0 Å². The number of carbonyl (C=O) groups is 17. The van der Waals surface area contributed by atoms with E-state index in [4.69, 9.17) is 22.9 Å². The number of likely N-dealkylation sites (tertiary alicyclic amines) is 2. The van der Waals surface area contributed by atoms with Crippen LogP contribution in [0, 0.1) is 23.4 Å². The van der Waals surface area contributed by atoms with Gasteiger partial charge in [0.1, 0.15) is 78.5 Å². The zero-order valence-corrected chi connectivity index (χ0v) is 75.0. The average Bonchev–Trinajstić information content (AvgIpc) is 0.976. The molecule has 2 saturated heterocycles.